The van der Waals surface area contributed by atoms with Crippen molar-refractivity contribution in [2.75, 3.05) is 6.79 Å². The Hall–Kier alpha value is -1.04. The molecule has 21 heavy (non-hydrogen) atoms. The number of fused-ring (bicyclic) bond motifs is 2. The minimum atomic E-state index is 0.331. The molecule has 1 unspecified atom stereocenters. The van der Waals surface area contributed by atoms with Crippen LogP contribution in [0.15, 0.2) is 28.1 Å². The summed E-state index contributed by atoms with van der Waals surface area (Å²) in [4.78, 5) is 1.52. The van der Waals surface area contributed by atoms with Gasteiger partial charge in [-0.15, -0.1) is 11.3 Å². The maximum Gasteiger partial charge on any atom is 0.231 e. The molecule has 1 aromatic heterocycles. The molecule has 0 saturated heterocycles. The molecule has 0 radical (unpaired) electrons. The van der Waals surface area contributed by atoms with E-state index < -0.39 is 0 Å². The second-order valence-corrected chi connectivity index (χ2v) is 7.92. The molecule has 0 fully saturated rings. The van der Waals surface area contributed by atoms with Gasteiger partial charge in [-0.2, -0.15) is 0 Å². The molecule has 1 N–H and O–H groups in total. The van der Waals surface area contributed by atoms with Gasteiger partial charge in [0, 0.05) is 23.0 Å². The van der Waals surface area contributed by atoms with E-state index in [0.29, 0.717) is 12.8 Å². The molecule has 3 nitrogen and oxygen atoms in total. The van der Waals surface area contributed by atoms with Crippen molar-refractivity contribution >= 4 is 27.3 Å². The number of ether oxygens (including phenoxy) is 2. The number of benzene rings is 1. The first-order valence-electron chi connectivity index (χ1n) is 7.20. The van der Waals surface area contributed by atoms with Crippen LogP contribution in [-0.2, 0) is 13.0 Å². The molecule has 4 rings (SSSR count). The van der Waals surface area contributed by atoms with Gasteiger partial charge in [0.2, 0.25) is 6.79 Å². The van der Waals surface area contributed by atoms with Crippen molar-refractivity contribution in [1.29, 1.82) is 0 Å². The molecule has 0 bridgehead atoms. The Balaban J connectivity index is 1.52. The first-order chi connectivity index (χ1) is 10.3. The van der Waals surface area contributed by atoms with Crippen LogP contribution in [0.25, 0.3) is 0 Å². The number of hydrogen-bond donors (Lipinski definition) is 1. The van der Waals surface area contributed by atoms with Gasteiger partial charge in [-0.3, -0.25) is 0 Å². The quantitative estimate of drug-likeness (QED) is 0.873. The van der Waals surface area contributed by atoms with Crippen LogP contribution >= 0.6 is 27.3 Å². The zero-order valence-corrected chi connectivity index (χ0v) is 13.9. The second kappa shape index (κ2) is 5.63. The monoisotopic (exact) mass is 365 g/mol. The molecule has 5 heteroatoms. The average molecular weight is 366 g/mol. The summed E-state index contributed by atoms with van der Waals surface area (Å²) in [5.74, 6) is 1.75. The standard InChI is InChI=1S/C16H16BrNO2S/c17-15-7-11-12(4-2-6-14(11)21-15)18-8-10-3-1-5-13-16(10)20-9-19-13/h1,3,5,7,12,18H,2,4,6,8-9H2. The molecule has 2 heterocycles. The molecule has 0 amide bonds. The van der Waals surface area contributed by atoms with Crippen LogP contribution in [-0.4, -0.2) is 6.79 Å². The molecular formula is C16H16BrNO2S. The summed E-state index contributed by atoms with van der Waals surface area (Å²) in [6.07, 6.45) is 3.66. The third-order valence-electron chi connectivity index (χ3n) is 4.10. The van der Waals surface area contributed by atoms with Crippen molar-refractivity contribution in [3.05, 3.63) is 44.1 Å². The van der Waals surface area contributed by atoms with Gasteiger partial charge in [-0.25, -0.2) is 0 Å². The minimum Gasteiger partial charge on any atom is -0.454 e. The van der Waals surface area contributed by atoms with Crippen molar-refractivity contribution in [3.8, 4) is 11.5 Å². The van der Waals surface area contributed by atoms with Gasteiger partial charge in [0.25, 0.3) is 0 Å². The number of para-hydroxylation sites is 1. The Morgan fingerprint density at radius 1 is 1.33 bits per heavy atom. The normalized spacial score (nSPS) is 19.6. The van der Waals surface area contributed by atoms with Gasteiger partial charge in [0.1, 0.15) is 0 Å². The van der Waals surface area contributed by atoms with Gasteiger partial charge >= 0.3 is 0 Å². The summed E-state index contributed by atoms with van der Waals surface area (Å²) in [6, 6.07) is 8.80. The second-order valence-electron chi connectivity index (χ2n) is 5.41. The molecule has 0 saturated carbocycles. The fraction of sp³-hybridized carbons (Fsp3) is 0.375. The number of halogens is 1. The highest BCUT2D eigenvalue weighted by Gasteiger charge is 2.23. The van der Waals surface area contributed by atoms with Crippen LogP contribution in [0.2, 0.25) is 0 Å². The van der Waals surface area contributed by atoms with E-state index in [1.54, 1.807) is 0 Å². The Kier molecular flexibility index (Phi) is 3.65. The Morgan fingerprint density at radius 2 is 2.29 bits per heavy atom. The molecule has 2 aromatic rings. The van der Waals surface area contributed by atoms with Crippen molar-refractivity contribution in [3.63, 3.8) is 0 Å². The maximum absolute atomic E-state index is 5.58. The lowest BCUT2D eigenvalue weighted by atomic mass is 9.94. The average Bonchev–Trinajstić information content (AvgIpc) is 3.10. The lowest BCUT2D eigenvalue weighted by molar-refractivity contribution is 0.173. The number of thiophene rings is 1. The topological polar surface area (TPSA) is 30.5 Å². The molecule has 110 valence electrons. The summed E-state index contributed by atoms with van der Waals surface area (Å²) in [5.41, 5.74) is 2.63. The molecule has 1 aliphatic carbocycles. The molecule has 1 aromatic carbocycles. The zero-order valence-electron chi connectivity index (χ0n) is 11.5. The third-order valence-corrected chi connectivity index (χ3v) is 5.81. The summed E-state index contributed by atoms with van der Waals surface area (Å²) in [6.45, 7) is 1.14. The van der Waals surface area contributed by atoms with E-state index in [2.05, 4.69) is 33.4 Å². The van der Waals surface area contributed by atoms with Crippen molar-refractivity contribution in [1.82, 2.24) is 5.32 Å². The van der Waals surface area contributed by atoms with Crippen LogP contribution in [0.3, 0.4) is 0 Å². The van der Waals surface area contributed by atoms with E-state index in [0.717, 1.165) is 18.0 Å². The number of aryl methyl sites for hydroxylation is 1. The summed E-state index contributed by atoms with van der Waals surface area (Å²) < 4.78 is 12.2. The number of rotatable bonds is 3. The Bertz CT molecular complexity index is 670. The predicted octanol–water partition coefficient (Wildman–Crippen LogP) is 4.41. The van der Waals surface area contributed by atoms with E-state index in [4.69, 9.17) is 9.47 Å². The highest BCUT2D eigenvalue weighted by molar-refractivity contribution is 9.11. The first kappa shape index (κ1) is 13.6. The molecule has 0 spiro atoms. The smallest absolute Gasteiger partial charge is 0.231 e. The lowest BCUT2D eigenvalue weighted by Crippen LogP contribution is -2.24. The van der Waals surface area contributed by atoms with Crippen LogP contribution in [0.1, 0.15) is 34.9 Å². The summed E-state index contributed by atoms with van der Waals surface area (Å²) >= 11 is 5.48. The zero-order chi connectivity index (χ0) is 14.2. The molecule has 1 atom stereocenters. The fourth-order valence-electron chi connectivity index (χ4n) is 3.10. The predicted molar refractivity (Wildman–Crippen MR) is 87.1 cm³/mol. The van der Waals surface area contributed by atoms with Gasteiger partial charge < -0.3 is 14.8 Å². The SMILES string of the molecule is Brc1cc2c(s1)CCCC2NCc1cccc2c1OCO2. The number of nitrogens with one attached hydrogen (secondary N) is 1. The summed E-state index contributed by atoms with van der Waals surface area (Å²) in [5, 5.41) is 3.69. The van der Waals surface area contributed by atoms with E-state index in [1.807, 2.05) is 23.5 Å². The summed E-state index contributed by atoms with van der Waals surface area (Å²) in [7, 11) is 0. The first-order valence-corrected chi connectivity index (χ1v) is 8.81. The Morgan fingerprint density at radius 3 is 3.24 bits per heavy atom. The lowest BCUT2D eigenvalue weighted by Gasteiger charge is -2.24. The van der Waals surface area contributed by atoms with Gasteiger partial charge in [-0.05, 0) is 52.9 Å². The van der Waals surface area contributed by atoms with E-state index >= 15 is 0 Å². The van der Waals surface area contributed by atoms with Crippen molar-refractivity contribution in [2.24, 2.45) is 0 Å². The molecular weight excluding hydrogens is 350 g/mol. The molecule has 1 aliphatic heterocycles. The van der Waals surface area contributed by atoms with E-state index in [9.17, 15) is 0 Å². The van der Waals surface area contributed by atoms with Crippen LogP contribution in [0.5, 0.6) is 11.5 Å². The van der Waals surface area contributed by atoms with Crippen molar-refractivity contribution in [2.45, 2.75) is 31.8 Å². The van der Waals surface area contributed by atoms with E-state index in [1.165, 1.54) is 39.1 Å². The van der Waals surface area contributed by atoms with Crippen LogP contribution < -0.4 is 14.8 Å². The van der Waals surface area contributed by atoms with Gasteiger partial charge in [0.15, 0.2) is 11.5 Å². The molecule has 2 aliphatic rings. The Labute approximate surface area is 136 Å². The van der Waals surface area contributed by atoms with Crippen LogP contribution in [0.4, 0.5) is 0 Å². The highest BCUT2D eigenvalue weighted by Crippen LogP contribution is 2.39. The van der Waals surface area contributed by atoms with Crippen molar-refractivity contribution < 1.29 is 9.47 Å². The highest BCUT2D eigenvalue weighted by atomic mass is 79.9. The van der Waals surface area contributed by atoms with Gasteiger partial charge in [-0.1, -0.05) is 12.1 Å². The minimum absolute atomic E-state index is 0.331. The van der Waals surface area contributed by atoms with Crippen LogP contribution in [0, 0.1) is 0 Å². The fourth-order valence-corrected chi connectivity index (χ4v) is 4.92. The largest absolute Gasteiger partial charge is 0.454 e. The number of hydrogen-bond acceptors (Lipinski definition) is 4. The van der Waals surface area contributed by atoms with E-state index in [-0.39, 0.29) is 0 Å². The van der Waals surface area contributed by atoms with Gasteiger partial charge in [0.05, 0.1) is 3.79 Å². The maximum atomic E-state index is 5.58. The third kappa shape index (κ3) is 2.58.